The first-order valence-electron chi connectivity index (χ1n) is 10.6. The molecule has 5 nitrogen and oxygen atoms in total. The van der Waals surface area contributed by atoms with E-state index in [1.165, 1.54) is 26.7 Å². The summed E-state index contributed by atoms with van der Waals surface area (Å²) >= 11 is 0. The van der Waals surface area contributed by atoms with E-state index in [0.29, 0.717) is 12.3 Å². The van der Waals surface area contributed by atoms with Crippen LogP contribution in [0.3, 0.4) is 0 Å². The van der Waals surface area contributed by atoms with E-state index >= 15 is 0 Å². The maximum absolute atomic E-state index is 11.7. The Morgan fingerprint density at radius 2 is 1.74 bits per heavy atom. The van der Waals surface area contributed by atoms with Crippen LogP contribution in [0.25, 0.3) is 0 Å². The summed E-state index contributed by atoms with van der Waals surface area (Å²) in [5, 5.41) is 0. The average Bonchev–Trinajstić information content (AvgIpc) is 2.56. The molecule has 0 aromatic carbocycles. The van der Waals surface area contributed by atoms with Crippen LogP contribution in [0, 0.1) is 11.3 Å². The molecule has 1 heterocycles. The molecule has 1 rings (SSSR count). The van der Waals surface area contributed by atoms with Gasteiger partial charge in [-0.3, -0.25) is 9.59 Å². The Labute approximate surface area is 165 Å². The molecular formula is C22H40O5. The van der Waals surface area contributed by atoms with E-state index in [1.807, 2.05) is 0 Å². The first-order valence-corrected chi connectivity index (χ1v) is 10.6. The van der Waals surface area contributed by atoms with Crippen LogP contribution in [-0.4, -0.2) is 36.4 Å². The van der Waals surface area contributed by atoms with Crippen LogP contribution in [0.15, 0.2) is 0 Å². The summed E-state index contributed by atoms with van der Waals surface area (Å²) in [7, 11) is 0. The van der Waals surface area contributed by atoms with Crippen molar-refractivity contribution in [1.29, 1.82) is 0 Å². The number of carbonyl (C=O) groups is 2. The third-order valence-corrected chi connectivity index (χ3v) is 5.68. The molecule has 0 aromatic heterocycles. The van der Waals surface area contributed by atoms with E-state index in [1.54, 1.807) is 0 Å². The Hall–Kier alpha value is -1.10. The van der Waals surface area contributed by atoms with E-state index in [0.717, 1.165) is 25.7 Å². The lowest BCUT2D eigenvalue weighted by molar-refractivity contribution is -0.196. The summed E-state index contributed by atoms with van der Waals surface area (Å²) in [5.41, 5.74) is -0.357. The van der Waals surface area contributed by atoms with Gasteiger partial charge in [0.1, 0.15) is 12.2 Å². The molecule has 4 atom stereocenters. The van der Waals surface area contributed by atoms with Crippen LogP contribution >= 0.6 is 0 Å². The molecule has 0 radical (unpaired) electrons. The average molecular weight is 385 g/mol. The summed E-state index contributed by atoms with van der Waals surface area (Å²) in [6.45, 7) is 13.6. The molecule has 1 aliphatic rings. The van der Waals surface area contributed by atoms with E-state index in [4.69, 9.17) is 14.2 Å². The van der Waals surface area contributed by atoms with Crippen molar-refractivity contribution in [2.24, 2.45) is 11.3 Å². The normalized spacial score (nSPS) is 24.5. The van der Waals surface area contributed by atoms with Crippen molar-refractivity contribution in [3.8, 4) is 0 Å². The largest absolute Gasteiger partial charge is 0.462 e. The highest BCUT2D eigenvalue weighted by atomic mass is 16.6. The monoisotopic (exact) mass is 384 g/mol. The second kappa shape index (κ2) is 11.0. The van der Waals surface area contributed by atoms with Crippen LogP contribution in [-0.2, 0) is 23.8 Å². The van der Waals surface area contributed by atoms with Gasteiger partial charge in [0.25, 0.3) is 0 Å². The number of hydrogen-bond acceptors (Lipinski definition) is 5. The van der Waals surface area contributed by atoms with Crippen LogP contribution in [0.5, 0.6) is 0 Å². The van der Waals surface area contributed by atoms with E-state index in [9.17, 15) is 9.59 Å². The first-order chi connectivity index (χ1) is 12.6. The summed E-state index contributed by atoms with van der Waals surface area (Å²) < 4.78 is 17.7. The summed E-state index contributed by atoms with van der Waals surface area (Å²) in [5.74, 6) is -0.174. The van der Waals surface area contributed by atoms with Gasteiger partial charge in [-0.2, -0.15) is 0 Å². The molecular weight excluding hydrogens is 344 g/mol. The highest BCUT2D eigenvalue weighted by Crippen LogP contribution is 2.40. The molecule has 158 valence electrons. The molecule has 0 aromatic rings. The SMILES string of the molecule is CCCCCC[C@@H](OC(C)=O)C(C)(C)[C@H]1C[C@@H](OC(C)=O)C[C@@H](C(C)C)O1. The fraction of sp³-hybridized carbons (Fsp3) is 0.909. The number of rotatable bonds is 10. The Morgan fingerprint density at radius 3 is 2.26 bits per heavy atom. The van der Waals surface area contributed by atoms with E-state index < -0.39 is 0 Å². The Balaban J connectivity index is 2.94. The van der Waals surface area contributed by atoms with Gasteiger partial charge in [-0.15, -0.1) is 0 Å². The zero-order valence-corrected chi connectivity index (χ0v) is 18.4. The second-order valence-electron chi connectivity index (χ2n) is 8.88. The lowest BCUT2D eigenvalue weighted by Gasteiger charge is -2.46. The Bertz CT molecular complexity index is 471. The van der Waals surface area contributed by atoms with Gasteiger partial charge in [-0.1, -0.05) is 53.9 Å². The van der Waals surface area contributed by atoms with Gasteiger partial charge in [0, 0.05) is 32.1 Å². The maximum atomic E-state index is 11.7. The zero-order valence-electron chi connectivity index (χ0n) is 18.4. The van der Waals surface area contributed by atoms with Crippen molar-refractivity contribution >= 4 is 11.9 Å². The quantitative estimate of drug-likeness (QED) is 0.389. The lowest BCUT2D eigenvalue weighted by Crippen LogP contribution is -2.51. The minimum absolute atomic E-state index is 0.0328. The van der Waals surface area contributed by atoms with Crippen molar-refractivity contribution < 1.29 is 23.8 Å². The highest BCUT2D eigenvalue weighted by molar-refractivity contribution is 5.66. The van der Waals surface area contributed by atoms with Crippen molar-refractivity contribution in [3.05, 3.63) is 0 Å². The predicted molar refractivity (Wildman–Crippen MR) is 106 cm³/mol. The van der Waals surface area contributed by atoms with Crippen LogP contribution < -0.4 is 0 Å². The van der Waals surface area contributed by atoms with Gasteiger partial charge < -0.3 is 14.2 Å². The summed E-state index contributed by atoms with van der Waals surface area (Å²) in [4.78, 5) is 23.2. The highest BCUT2D eigenvalue weighted by Gasteiger charge is 2.45. The van der Waals surface area contributed by atoms with E-state index in [-0.39, 0.29) is 41.8 Å². The predicted octanol–water partition coefficient (Wildman–Crippen LogP) is 5.05. The number of hydrogen-bond donors (Lipinski definition) is 0. The fourth-order valence-corrected chi connectivity index (χ4v) is 3.90. The molecule has 0 amide bonds. The maximum Gasteiger partial charge on any atom is 0.302 e. The molecule has 0 aliphatic carbocycles. The van der Waals surface area contributed by atoms with E-state index in [2.05, 4.69) is 34.6 Å². The molecule has 0 unspecified atom stereocenters. The third kappa shape index (κ3) is 7.81. The first kappa shape index (κ1) is 23.9. The minimum atomic E-state index is -0.357. The smallest absolute Gasteiger partial charge is 0.302 e. The molecule has 1 saturated heterocycles. The topological polar surface area (TPSA) is 61.8 Å². The van der Waals surface area contributed by atoms with Crippen LogP contribution in [0.1, 0.15) is 93.4 Å². The fourth-order valence-electron chi connectivity index (χ4n) is 3.90. The second-order valence-corrected chi connectivity index (χ2v) is 8.88. The molecule has 0 saturated carbocycles. The van der Waals surface area contributed by atoms with Crippen LogP contribution in [0.4, 0.5) is 0 Å². The summed E-state index contributed by atoms with van der Waals surface area (Å²) in [6, 6.07) is 0. The van der Waals surface area contributed by atoms with Crippen molar-refractivity contribution in [2.75, 3.05) is 0 Å². The van der Waals surface area contributed by atoms with Gasteiger partial charge >= 0.3 is 11.9 Å². The Kier molecular flexibility index (Phi) is 9.78. The molecule has 5 heteroatoms. The van der Waals surface area contributed by atoms with Gasteiger partial charge in [-0.25, -0.2) is 0 Å². The number of unbranched alkanes of at least 4 members (excludes halogenated alkanes) is 3. The molecule has 27 heavy (non-hydrogen) atoms. The van der Waals surface area contributed by atoms with Crippen LogP contribution in [0.2, 0.25) is 0 Å². The molecule has 0 bridgehead atoms. The minimum Gasteiger partial charge on any atom is -0.462 e. The molecule has 0 spiro atoms. The molecule has 1 aliphatic heterocycles. The molecule has 0 N–H and O–H groups in total. The van der Waals surface area contributed by atoms with Gasteiger partial charge in [-0.05, 0) is 18.8 Å². The standard InChI is InChI=1S/C22H40O5/c1-8-9-10-11-12-20(26-17(5)24)22(6,7)21-14-18(25-16(4)23)13-19(27-21)15(2)3/h15,18-21H,8-14H2,1-7H3/t18-,19-,20+,21+/m0/s1. The lowest BCUT2D eigenvalue weighted by atomic mass is 9.74. The number of carbonyl (C=O) groups excluding carboxylic acids is 2. The van der Waals surface area contributed by atoms with Crippen molar-refractivity contribution in [2.45, 2.75) is 118 Å². The van der Waals surface area contributed by atoms with Gasteiger partial charge in [0.2, 0.25) is 0 Å². The third-order valence-electron chi connectivity index (χ3n) is 5.68. The van der Waals surface area contributed by atoms with Crippen molar-refractivity contribution in [1.82, 2.24) is 0 Å². The van der Waals surface area contributed by atoms with Gasteiger partial charge in [0.15, 0.2) is 0 Å². The number of esters is 2. The number of ether oxygens (including phenoxy) is 3. The Morgan fingerprint density at radius 1 is 1.07 bits per heavy atom. The molecule has 1 fully saturated rings. The summed E-state index contributed by atoms with van der Waals surface area (Å²) in [6.07, 6.45) is 6.28. The zero-order chi connectivity index (χ0) is 20.6. The van der Waals surface area contributed by atoms with Crippen molar-refractivity contribution in [3.63, 3.8) is 0 Å². The van der Waals surface area contributed by atoms with Gasteiger partial charge in [0.05, 0.1) is 12.2 Å².